The molecule has 0 fully saturated rings. The highest BCUT2D eigenvalue weighted by molar-refractivity contribution is 6.30. The van der Waals surface area contributed by atoms with Gasteiger partial charge in [0.2, 0.25) is 18.6 Å². The summed E-state index contributed by atoms with van der Waals surface area (Å²) in [6, 6.07) is 12.3. The van der Waals surface area contributed by atoms with Gasteiger partial charge in [0.15, 0.2) is 11.5 Å². The third kappa shape index (κ3) is 4.87. The van der Waals surface area contributed by atoms with E-state index < -0.39 is 0 Å². The maximum atomic E-state index is 11.9. The molecule has 2 amide bonds. The SMILES string of the molecule is O=C(Cc1ccc(Cl)cc1)NCCC(=O)Nc1ccc2c(c1)OCO2. The minimum Gasteiger partial charge on any atom is -0.454 e. The number of hydrogen-bond acceptors (Lipinski definition) is 4. The first kappa shape index (κ1) is 17.1. The third-order valence-electron chi connectivity index (χ3n) is 3.61. The van der Waals surface area contributed by atoms with E-state index in [9.17, 15) is 9.59 Å². The van der Waals surface area contributed by atoms with Crippen molar-refractivity contribution in [1.82, 2.24) is 5.32 Å². The molecule has 7 heteroatoms. The van der Waals surface area contributed by atoms with Crippen molar-refractivity contribution in [2.75, 3.05) is 18.7 Å². The van der Waals surface area contributed by atoms with Crippen molar-refractivity contribution >= 4 is 29.1 Å². The molecule has 0 aromatic heterocycles. The first-order chi connectivity index (χ1) is 12.1. The lowest BCUT2D eigenvalue weighted by Crippen LogP contribution is -2.28. The van der Waals surface area contributed by atoms with E-state index >= 15 is 0 Å². The lowest BCUT2D eigenvalue weighted by Gasteiger charge is -2.07. The Hall–Kier alpha value is -2.73. The second kappa shape index (κ2) is 7.90. The van der Waals surface area contributed by atoms with Gasteiger partial charge in [-0.15, -0.1) is 0 Å². The number of nitrogens with one attached hydrogen (secondary N) is 2. The third-order valence-corrected chi connectivity index (χ3v) is 3.86. The highest BCUT2D eigenvalue weighted by Gasteiger charge is 2.14. The van der Waals surface area contributed by atoms with Crippen LogP contribution >= 0.6 is 11.6 Å². The zero-order valence-electron chi connectivity index (χ0n) is 13.4. The summed E-state index contributed by atoms with van der Waals surface area (Å²) in [7, 11) is 0. The van der Waals surface area contributed by atoms with E-state index in [2.05, 4.69) is 10.6 Å². The first-order valence-corrected chi connectivity index (χ1v) is 8.18. The van der Waals surface area contributed by atoms with Crippen molar-refractivity contribution < 1.29 is 19.1 Å². The minimum atomic E-state index is -0.189. The second-order valence-corrected chi connectivity index (χ2v) is 5.96. The summed E-state index contributed by atoms with van der Waals surface area (Å²) in [5.41, 5.74) is 1.49. The van der Waals surface area contributed by atoms with E-state index in [-0.39, 0.29) is 38.0 Å². The maximum absolute atomic E-state index is 11.9. The molecule has 6 nitrogen and oxygen atoms in total. The van der Waals surface area contributed by atoms with Crippen molar-refractivity contribution in [3.8, 4) is 11.5 Å². The van der Waals surface area contributed by atoms with Gasteiger partial charge in [-0.1, -0.05) is 23.7 Å². The molecule has 0 saturated heterocycles. The molecule has 0 spiro atoms. The van der Waals surface area contributed by atoms with E-state index in [1.807, 2.05) is 0 Å². The molecular formula is C18H17ClN2O4. The molecule has 0 bridgehead atoms. The molecular weight excluding hydrogens is 344 g/mol. The van der Waals surface area contributed by atoms with E-state index in [1.54, 1.807) is 42.5 Å². The van der Waals surface area contributed by atoms with Crippen LogP contribution in [0.25, 0.3) is 0 Å². The predicted molar refractivity (Wildman–Crippen MR) is 94.0 cm³/mol. The summed E-state index contributed by atoms with van der Waals surface area (Å²) >= 11 is 5.80. The lowest BCUT2D eigenvalue weighted by atomic mass is 10.1. The van der Waals surface area contributed by atoms with Gasteiger partial charge in [0.25, 0.3) is 0 Å². The smallest absolute Gasteiger partial charge is 0.231 e. The fraction of sp³-hybridized carbons (Fsp3) is 0.222. The summed E-state index contributed by atoms with van der Waals surface area (Å²) < 4.78 is 10.5. The van der Waals surface area contributed by atoms with Crippen LogP contribution in [0.5, 0.6) is 11.5 Å². The monoisotopic (exact) mass is 360 g/mol. The number of halogens is 1. The highest BCUT2D eigenvalue weighted by Crippen LogP contribution is 2.34. The Morgan fingerprint density at radius 1 is 1.00 bits per heavy atom. The topological polar surface area (TPSA) is 76.7 Å². The van der Waals surface area contributed by atoms with Gasteiger partial charge >= 0.3 is 0 Å². The summed E-state index contributed by atoms with van der Waals surface area (Å²) in [5, 5.41) is 6.12. The molecule has 3 rings (SSSR count). The Bertz CT molecular complexity index is 777. The molecule has 25 heavy (non-hydrogen) atoms. The van der Waals surface area contributed by atoms with Crippen molar-refractivity contribution in [3.05, 3.63) is 53.1 Å². The predicted octanol–water partition coefficient (Wildman–Crippen LogP) is 2.76. The van der Waals surface area contributed by atoms with Crippen LogP contribution in [0.1, 0.15) is 12.0 Å². The number of anilines is 1. The fourth-order valence-corrected chi connectivity index (χ4v) is 2.49. The number of carbonyl (C=O) groups excluding carboxylic acids is 2. The van der Waals surface area contributed by atoms with Crippen LogP contribution in [0.4, 0.5) is 5.69 Å². The number of fused-ring (bicyclic) bond motifs is 1. The Morgan fingerprint density at radius 3 is 2.56 bits per heavy atom. The van der Waals surface area contributed by atoms with Crippen LogP contribution in [-0.2, 0) is 16.0 Å². The van der Waals surface area contributed by atoms with Crippen LogP contribution in [-0.4, -0.2) is 25.2 Å². The van der Waals surface area contributed by atoms with Gasteiger partial charge in [-0.2, -0.15) is 0 Å². The van der Waals surface area contributed by atoms with E-state index in [0.29, 0.717) is 22.2 Å². The molecule has 1 aliphatic heterocycles. The van der Waals surface area contributed by atoms with Crippen molar-refractivity contribution in [2.24, 2.45) is 0 Å². The first-order valence-electron chi connectivity index (χ1n) is 7.81. The van der Waals surface area contributed by atoms with Gasteiger partial charge in [0.05, 0.1) is 6.42 Å². The molecule has 1 aliphatic rings. The standard InChI is InChI=1S/C18H17ClN2O4/c19-13-3-1-12(2-4-13)9-18(23)20-8-7-17(22)21-14-5-6-15-16(10-14)25-11-24-15/h1-6,10H,7-9,11H2,(H,20,23)(H,21,22). The average molecular weight is 361 g/mol. The summed E-state index contributed by atoms with van der Waals surface area (Å²) in [6.07, 6.45) is 0.432. The number of ether oxygens (including phenoxy) is 2. The molecule has 0 radical (unpaired) electrons. The quantitative estimate of drug-likeness (QED) is 0.830. The summed E-state index contributed by atoms with van der Waals surface area (Å²) in [4.78, 5) is 23.8. The van der Waals surface area contributed by atoms with Crippen molar-refractivity contribution in [1.29, 1.82) is 0 Å². The molecule has 0 unspecified atom stereocenters. The number of rotatable bonds is 6. The molecule has 2 aromatic rings. The van der Waals surface area contributed by atoms with E-state index in [0.717, 1.165) is 5.56 Å². The van der Waals surface area contributed by atoms with Gasteiger partial charge in [0.1, 0.15) is 0 Å². The van der Waals surface area contributed by atoms with E-state index in [4.69, 9.17) is 21.1 Å². The summed E-state index contributed by atoms with van der Waals surface area (Å²) in [5.74, 6) is 0.936. The molecule has 130 valence electrons. The van der Waals surface area contributed by atoms with Crippen molar-refractivity contribution in [3.63, 3.8) is 0 Å². The van der Waals surface area contributed by atoms with Gasteiger partial charge in [-0.05, 0) is 29.8 Å². The number of benzene rings is 2. The van der Waals surface area contributed by atoms with Crippen LogP contribution in [0.2, 0.25) is 5.02 Å². The molecule has 0 saturated carbocycles. The fourth-order valence-electron chi connectivity index (χ4n) is 2.36. The largest absolute Gasteiger partial charge is 0.454 e. The van der Waals surface area contributed by atoms with Gasteiger partial charge in [0, 0.05) is 29.7 Å². The van der Waals surface area contributed by atoms with Crippen LogP contribution in [0.15, 0.2) is 42.5 Å². The average Bonchev–Trinajstić information content (AvgIpc) is 3.04. The number of hydrogen-bond donors (Lipinski definition) is 2. The van der Waals surface area contributed by atoms with Crippen LogP contribution < -0.4 is 20.1 Å². The van der Waals surface area contributed by atoms with Gasteiger partial charge < -0.3 is 20.1 Å². The normalized spacial score (nSPS) is 11.9. The Balaban J connectivity index is 1.40. The minimum absolute atomic E-state index is 0.141. The molecule has 0 atom stereocenters. The van der Waals surface area contributed by atoms with Crippen molar-refractivity contribution in [2.45, 2.75) is 12.8 Å². The van der Waals surface area contributed by atoms with Crippen LogP contribution in [0, 0.1) is 0 Å². The molecule has 1 heterocycles. The van der Waals surface area contributed by atoms with Gasteiger partial charge in [-0.25, -0.2) is 0 Å². The second-order valence-electron chi connectivity index (χ2n) is 5.52. The lowest BCUT2D eigenvalue weighted by molar-refractivity contribution is -0.120. The van der Waals surface area contributed by atoms with E-state index in [1.165, 1.54) is 0 Å². The number of carbonyl (C=O) groups is 2. The Kier molecular flexibility index (Phi) is 5.40. The molecule has 0 aliphatic carbocycles. The molecule has 2 aromatic carbocycles. The zero-order chi connectivity index (χ0) is 17.6. The Labute approximate surface area is 150 Å². The zero-order valence-corrected chi connectivity index (χ0v) is 14.1. The molecule has 2 N–H and O–H groups in total. The van der Waals surface area contributed by atoms with Gasteiger partial charge in [-0.3, -0.25) is 9.59 Å². The summed E-state index contributed by atoms with van der Waals surface area (Å²) in [6.45, 7) is 0.454. The number of amides is 2. The maximum Gasteiger partial charge on any atom is 0.231 e. The highest BCUT2D eigenvalue weighted by atomic mass is 35.5. The van der Waals surface area contributed by atoms with Crippen LogP contribution in [0.3, 0.4) is 0 Å². The Morgan fingerprint density at radius 2 is 1.76 bits per heavy atom.